The first kappa shape index (κ1) is 21.6. The highest BCUT2D eigenvalue weighted by molar-refractivity contribution is 7.99. The normalized spacial score (nSPS) is 15.7. The molecule has 1 aliphatic heterocycles. The van der Waals surface area contributed by atoms with Gasteiger partial charge in [0.25, 0.3) is 5.91 Å². The molecule has 0 bridgehead atoms. The monoisotopic (exact) mass is 478 g/mol. The predicted molar refractivity (Wildman–Crippen MR) is 128 cm³/mol. The van der Waals surface area contributed by atoms with Gasteiger partial charge in [-0.15, -0.1) is 21.5 Å². The number of carbonyl (C=O) groups is 1. The number of hydrogen-bond donors (Lipinski definition) is 0. The molecule has 0 radical (unpaired) electrons. The van der Waals surface area contributed by atoms with Crippen LogP contribution in [0.5, 0.6) is 0 Å². The van der Waals surface area contributed by atoms with Crippen molar-refractivity contribution in [3.8, 4) is 11.4 Å². The van der Waals surface area contributed by atoms with Crippen LogP contribution in [0, 0.1) is 0 Å². The number of pyridine rings is 1. The molecule has 168 valence electrons. The Morgan fingerprint density at radius 2 is 2.09 bits per heavy atom. The number of thioether (sulfide) groups is 1. The van der Waals surface area contributed by atoms with Gasteiger partial charge in [-0.3, -0.25) is 9.78 Å². The molecule has 0 N–H and O–H groups in total. The summed E-state index contributed by atoms with van der Waals surface area (Å²) in [6, 6.07) is 11.4. The van der Waals surface area contributed by atoms with Crippen LogP contribution in [0.3, 0.4) is 0 Å². The Morgan fingerprint density at radius 3 is 2.82 bits per heavy atom. The van der Waals surface area contributed by atoms with Gasteiger partial charge in [-0.2, -0.15) is 5.10 Å². The maximum atomic E-state index is 13.3. The summed E-state index contributed by atoms with van der Waals surface area (Å²) in [5.74, 6) is 1.63. The molecule has 0 saturated heterocycles. The molecular weight excluding hydrogens is 456 g/mol. The van der Waals surface area contributed by atoms with Gasteiger partial charge in [0.1, 0.15) is 11.5 Å². The van der Waals surface area contributed by atoms with E-state index in [9.17, 15) is 4.79 Å². The molecule has 5 heterocycles. The SMILES string of the molecule is CCCn1c(SCC(=O)N2N=C(c3ccco3)CC2c2cccs2)nnc1-c1ccncc1. The Kier molecular flexibility index (Phi) is 6.36. The van der Waals surface area contributed by atoms with Crippen molar-refractivity contribution in [2.24, 2.45) is 5.10 Å². The number of hydrogen-bond acceptors (Lipinski definition) is 8. The summed E-state index contributed by atoms with van der Waals surface area (Å²) in [5, 5.41) is 17.7. The summed E-state index contributed by atoms with van der Waals surface area (Å²) in [4.78, 5) is 18.5. The summed E-state index contributed by atoms with van der Waals surface area (Å²) in [5.41, 5.74) is 1.74. The Morgan fingerprint density at radius 1 is 1.21 bits per heavy atom. The van der Waals surface area contributed by atoms with Crippen molar-refractivity contribution in [2.75, 3.05) is 5.75 Å². The number of nitrogens with zero attached hydrogens (tertiary/aromatic N) is 6. The second-order valence-corrected chi connectivity index (χ2v) is 9.40. The molecule has 0 saturated carbocycles. The van der Waals surface area contributed by atoms with Gasteiger partial charge < -0.3 is 8.98 Å². The molecule has 0 fully saturated rings. The summed E-state index contributed by atoms with van der Waals surface area (Å²) in [6.45, 7) is 2.88. The van der Waals surface area contributed by atoms with Crippen LogP contribution in [0.4, 0.5) is 0 Å². The van der Waals surface area contributed by atoms with E-state index in [2.05, 4.69) is 31.8 Å². The first-order valence-corrected chi connectivity index (χ1v) is 12.5. The number of carbonyl (C=O) groups excluding carboxylic acids is 1. The minimum atomic E-state index is -0.126. The summed E-state index contributed by atoms with van der Waals surface area (Å²) in [7, 11) is 0. The fourth-order valence-corrected chi connectivity index (χ4v) is 5.39. The molecule has 8 nitrogen and oxygen atoms in total. The van der Waals surface area contributed by atoms with Gasteiger partial charge in [0.05, 0.1) is 18.1 Å². The van der Waals surface area contributed by atoms with E-state index in [1.165, 1.54) is 11.8 Å². The van der Waals surface area contributed by atoms with Crippen LogP contribution in [-0.2, 0) is 11.3 Å². The van der Waals surface area contributed by atoms with E-state index in [0.717, 1.165) is 40.1 Å². The van der Waals surface area contributed by atoms with Crippen molar-refractivity contribution in [3.63, 3.8) is 0 Å². The number of amides is 1. The van der Waals surface area contributed by atoms with Gasteiger partial charge in [-0.05, 0) is 42.1 Å². The van der Waals surface area contributed by atoms with Crippen LogP contribution in [0.15, 0.2) is 75.1 Å². The smallest absolute Gasteiger partial charge is 0.253 e. The zero-order chi connectivity index (χ0) is 22.6. The van der Waals surface area contributed by atoms with Crippen molar-refractivity contribution >= 4 is 34.7 Å². The highest BCUT2D eigenvalue weighted by Gasteiger charge is 2.34. The summed E-state index contributed by atoms with van der Waals surface area (Å²) in [6.07, 6.45) is 6.66. The quantitative estimate of drug-likeness (QED) is 0.336. The number of thiophene rings is 1. The second kappa shape index (κ2) is 9.72. The molecule has 4 aromatic heterocycles. The van der Waals surface area contributed by atoms with Crippen LogP contribution >= 0.6 is 23.1 Å². The molecule has 1 amide bonds. The molecule has 10 heteroatoms. The van der Waals surface area contributed by atoms with Gasteiger partial charge >= 0.3 is 0 Å². The standard InChI is InChI=1S/C23H22N6O2S2/c1-2-11-28-22(16-7-9-24-10-8-16)25-26-23(28)33-15-21(30)29-18(20-6-4-13-32-20)14-17(27-29)19-5-3-12-31-19/h3-10,12-13,18H,2,11,14-15H2,1H3. The van der Waals surface area contributed by atoms with E-state index in [0.29, 0.717) is 12.2 Å². The van der Waals surface area contributed by atoms with Crippen molar-refractivity contribution < 1.29 is 9.21 Å². The highest BCUT2D eigenvalue weighted by atomic mass is 32.2. The third-order valence-electron chi connectivity index (χ3n) is 5.27. The summed E-state index contributed by atoms with van der Waals surface area (Å²) < 4.78 is 7.59. The van der Waals surface area contributed by atoms with Crippen molar-refractivity contribution in [2.45, 2.75) is 37.5 Å². The van der Waals surface area contributed by atoms with Crippen LogP contribution in [-0.4, -0.2) is 42.1 Å². The van der Waals surface area contributed by atoms with E-state index < -0.39 is 0 Å². The molecule has 33 heavy (non-hydrogen) atoms. The van der Waals surface area contributed by atoms with E-state index in [1.807, 2.05) is 41.8 Å². The van der Waals surface area contributed by atoms with Crippen LogP contribution in [0.25, 0.3) is 11.4 Å². The van der Waals surface area contributed by atoms with E-state index in [4.69, 9.17) is 4.42 Å². The lowest BCUT2D eigenvalue weighted by Gasteiger charge is -2.20. The minimum Gasteiger partial charge on any atom is -0.463 e. The third kappa shape index (κ3) is 4.49. The third-order valence-corrected chi connectivity index (χ3v) is 7.20. The zero-order valence-corrected chi connectivity index (χ0v) is 19.6. The first-order chi connectivity index (χ1) is 16.2. The molecule has 0 aromatic carbocycles. The van der Waals surface area contributed by atoms with E-state index >= 15 is 0 Å². The predicted octanol–water partition coefficient (Wildman–Crippen LogP) is 4.87. The molecule has 4 aromatic rings. The second-order valence-electron chi connectivity index (χ2n) is 7.48. The topological polar surface area (TPSA) is 89.4 Å². The molecule has 1 aliphatic rings. The van der Waals surface area contributed by atoms with Crippen molar-refractivity contribution in [1.82, 2.24) is 24.8 Å². The lowest BCUT2D eigenvalue weighted by Crippen LogP contribution is -2.28. The lowest BCUT2D eigenvalue weighted by molar-refractivity contribution is -0.130. The fraction of sp³-hybridized carbons (Fsp3) is 0.261. The Hall–Kier alpha value is -3.24. The maximum absolute atomic E-state index is 13.3. The van der Waals surface area contributed by atoms with Crippen molar-refractivity contribution in [1.29, 1.82) is 0 Å². The van der Waals surface area contributed by atoms with E-state index in [-0.39, 0.29) is 17.7 Å². The Bertz CT molecular complexity index is 1240. The number of furan rings is 1. The average Bonchev–Trinajstić information content (AvgIpc) is 3.64. The first-order valence-electron chi connectivity index (χ1n) is 10.7. The van der Waals surface area contributed by atoms with Gasteiger partial charge in [0, 0.05) is 35.8 Å². The molecule has 1 unspecified atom stereocenters. The van der Waals surface area contributed by atoms with Crippen molar-refractivity contribution in [3.05, 3.63) is 71.1 Å². The van der Waals surface area contributed by atoms with Gasteiger partial charge in [0.2, 0.25) is 0 Å². The molecule has 0 aliphatic carbocycles. The number of aromatic nitrogens is 4. The molecular formula is C23H22N6O2S2. The zero-order valence-electron chi connectivity index (χ0n) is 18.0. The minimum absolute atomic E-state index is 0.0727. The maximum Gasteiger partial charge on any atom is 0.253 e. The number of hydrazone groups is 1. The Labute approximate surface area is 199 Å². The lowest BCUT2D eigenvalue weighted by atomic mass is 10.1. The van der Waals surface area contributed by atoms with Gasteiger partial charge in [-0.1, -0.05) is 24.8 Å². The molecule has 5 rings (SSSR count). The molecule has 0 spiro atoms. The Balaban J connectivity index is 1.36. The fourth-order valence-electron chi connectivity index (χ4n) is 3.76. The molecule has 1 atom stereocenters. The highest BCUT2D eigenvalue weighted by Crippen LogP contribution is 2.36. The van der Waals surface area contributed by atoms with Crippen LogP contribution in [0.1, 0.15) is 36.4 Å². The van der Waals surface area contributed by atoms with Gasteiger partial charge in [0.15, 0.2) is 11.0 Å². The average molecular weight is 479 g/mol. The van der Waals surface area contributed by atoms with Gasteiger partial charge in [-0.25, -0.2) is 5.01 Å². The van der Waals surface area contributed by atoms with Crippen LogP contribution < -0.4 is 0 Å². The van der Waals surface area contributed by atoms with E-state index in [1.54, 1.807) is 35.0 Å². The number of rotatable bonds is 8. The van der Waals surface area contributed by atoms with Crippen LogP contribution in [0.2, 0.25) is 0 Å². The summed E-state index contributed by atoms with van der Waals surface area (Å²) >= 11 is 3.02. The largest absolute Gasteiger partial charge is 0.463 e.